The third-order valence-corrected chi connectivity index (χ3v) is 4.90. The average molecular weight is 288 g/mol. The van der Waals surface area contributed by atoms with Crippen LogP contribution in [0.5, 0.6) is 0 Å². The fourth-order valence-corrected chi connectivity index (χ4v) is 3.87. The molecule has 116 valence electrons. The Morgan fingerprint density at radius 3 is 2.48 bits per heavy atom. The molecule has 1 N–H and O–H groups in total. The van der Waals surface area contributed by atoms with Crippen molar-refractivity contribution in [2.75, 3.05) is 11.4 Å². The normalized spacial score (nSPS) is 28.1. The maximum absolute atomic E-state index is 4.84. The molecule has 2 fully saturated rings. The highest BCUT2D eigenvalue weighted by atomic mass is 15.2. The molecule has 21 heavy (non-hydrogen) atoms. The quantitative estimate of drug-likeness (QED) is 0.924. The number of aromatic nitrogens is 2. The van der Waals surface area contributed by atoms with Crippen LogP contribution < -0.4 is 10.2 Å². The largest absolute Gasteiger partial charge is 0.354 e. The zero-order valence-corrected chi connectivity index (χ0v) is 13.8. The van der Waals surface area contributed by atoms with Crippen LogP contribution in [0, 0.1) is 6.92 Å². The molecule has 0 spiro atoms. The van der Waals surface area contributed by atoms with Gasteiger partial charge in [0.2, 0.25) is 0 Å². The number of nitrogens with one attached hydrogen (secondary N) is 1. The minimum Gasteiger partial charge on any atom is -0.354 e. The Balaban J connectivity index is 1.86. The van der Waals surface area contributed by atoms with Crippen molar-refractivity contribution in [3.63, 3.8) is 0 Å². The van der Waals surface area contributed by atoms with Crippen LogP contribution in [0.25, 0.3) is 0 Å². The molecule has 4 heteroatoms. The summed E-state index contributed by atoms with van der Waals surface area (Å²) in [5, 5.41) is 3.73. The monoisotopic (exact) mass is 288 g/mol. The molecule has 0 saturated carbocycles. The van der Waals surface area contributed by atoms with Gasteiger partial charge >= 0.3 is 0 Å². The molecular weight excluding hydrogens is 260 g/mol. The van der Waals surface area contributed by atoms with Gasteiger partial charge in [0.1, 0.15) is 11.6 Å². The maximum atomic E-state index is 4.84. The molecule has 1 aromatic rings. The first kappa shape index (κ1) is 14.8. The summed E-state index contributed by atoms with van der Waals surface area (Å²) in [5.74, 6) is 2.48. The minimum absolute atomic E-state index is 0.381. The number of hydrogen-bond donors (Lipinski definition) is 1. The third-order valence-electron chi connectivity index (χ3n) is 4.90. The molecule has 2 bridgehead atoms. The molecule has 0 amide bonds. The van der Waals surface area contributed by atoms with Crippen molar-refractivity contribution >= 4 is 5.82 Å². The van der Waals surface area contributed by atoms with Gasteiger partial charge in [0.05, 0.1) is 0 Å². The molecule has 2 atom stereocenters. The van der Waals surface area contributed by atoms with E-state index >= 15 is 0 Å². The number of rotatable bonds is 4. The van der Waals surface area contributed by atoms with Gasteiger partial charge in [0.25, 0.3) is 0 Å². The lowest BCUT2D eigenvalue weighted by atomic mass is 9.98. The van der Waals surface area contributed by atoms with E-state index in [1.807, 2.05) is 0 Å². The first-order valence-corrected chi connectivity index (χ1v) is 8.45. The van der Waals surface area contributed by atoms with Crippen molar-refractivity contribution < 1.29 is 0 Å². The fraction of sp³-hybridized carbons (Fsp3) is 0.765. The first-order valence-electron chi connectivity index (χ1n) is 8.45. The van der Waals surface area contributed by atoms with Crippen LogP contribution in [0.2, 0.25) is 0 Å². The lowest BCUT2D eigenvalue weighted by Crippen LogP contribution is -2.48. The van der Waals surface area contributed by atoms with Crippen LogP contribution in [0.1, 0.15) is 63.9 Å². The molecule has 1 aromatic heterocycles. The molecule has 3 rings (SSSR count). The van der Waals surface area contributed by atoms with E-state index in [1.165, 1.54) is 25.7 Å². The summed E-state index contributed by atoms with van der Waals surface area (Å²) in [4.78, 5) is 11.9. The molecule has 2 saturated heterocycles. The second-order valence-electron chi connectivity index (χ2n) is 6.93. The molecule has 3 heterocycles. The van der Waals surface area contributed by atoms with Gasteiger partial charge in [0.15, 0.2) is 0 Å². The Kier molecular flexibility index (Phi) is 4.16. The lowest BCUT2D eigenvalue weighted by Gasteiger charge is -2.38. The highest BCUT2D eigenvalue weighted by Gasteiger charge is 2.36. The summed E-state index contributed by atoms with van der Waals surface area (Å²) in [5.41, 5.74) is 1.08. The second kappa shape index (κ2) is 5.91. The summed E-state index contributed by atoms with van der Waals surface area (Å²) >= 11 is 0. The van der Waals surface area contributed by atoms with Crippen molar-refractivity contribution in [1.29, 1.82) is 0 Å². The molecule has 0 aliphatic carbocycles. The van der Waals surface area contributed by atoms with E-state index in [0.29, 0.717) is 12.0 Å². The van der Waals surface area contributed by atoms with Gasteiger partial charge in [-0.05, 0) is 39.5 Å². The maximum Gasteiger partial charge on any atom is 0.133 e. The van der Waals surface area contributed by atoms with Crippen molar-refractivity contribution in [1.82, 2.24) is 15.3 Å². The molecule has 0 aromatic carbocycles. The predicted octanol–water partition coefficient (Wildman–Crippen LogP) is 3.02. The van der Waals surface area contributed by atoms with Gasteiger partial charge in [-0.25, -0.2) is 9.97 Å². The van der Waals surface area contributed by atoms with Gasteiger partial charge in [-0.2, -0.15) is 0 Å². The van der Waals surface area contributed by atoms with Crippen LogP contribution in [0.15, 0.2) is 6.07 Å². The van der Waals surface area contributed by atoms with E-state index in [9.17, 15) is 0 Å². The standard InChI is InChI=1S/C17H28N4/c1-5-21(15-9-13-6-7-14(10-15)19-13)16-8-12(4)18-17(20-16)11(2)3/h8,11,13-15,19H,5-7,9-10H2,1-4H3. The Bertz CT molecular complexity index is 488. The van der Waals surface area contributed by atoms with Gasteiger partial charge in [-0.15, -0.1) is 0 Å². The van der Waals surface area contributed by atoms with Crippen molar-refractivity contribution in [2.45, 2.75) is 77.4 Å². The SMILES string of the molecule is CCN(c1cc(C)nc(C(C)C)n1)C1CC2CCC(C1)N2. The topological polar surface area (TPSA) is 41.1 Å². The van der Waals surface area contributed by atoms with E-state index in [-0.39, 0.29) is 0 Å². The Morgan fingerprint density at radius 2 is 1.90 bits per heavy atom. The van der Waals surface area contributed by atoms with Gasteiger partial charge < -0.3 is 10.2 Å². The van der Waals surface area contributed by atoms with Crippen LogP contribution in [-0.2, 0) is 0 Å². The summed E-state index contributed by atoms with van der Waals surface area (Å²) in [7, 11) is 0. The highest BCUT2D eigenvalue weighted by Crippen LogP contribution is 2.32. The summed E-state index contributed by atoms with van der Waals surface area (Å²) in [6.07, 6.45) is 5.20. The Labute approximate surface area is 128 Å². The van der Waals surface area contributed by atoms with Crippen molar-refractivity contribution in [2.24, 2.45) is 0 Å². The Morgan fingerprint density at radius 1 is 1.24 bits per heavy atom. The molecule has 2 aliphatic heterocycles. The molecule has 2 aliphatic rings. The summed E-state index contributed by atoms with van der Waals surface area (Å²) in [6, 6.07) is 4.22. The number of fused-ring (bicyclic) bond motifs is 2. The van der Waals surface area contributed by atoms with Gasteiger partial charge in [-0.1, -0.05) is 13.8 Å². The fourth-order valence-electron chi connectivity index (χ4n) is 3.87. The van der Waals surface area contributed by atoms with E-state index in [0.717, 1.165) is 36.0 Å². The van der Waals surface area contributed by atoms with Crippen LogP contribution in [0.4, 0.5) is 5.82 Å². The highest BCUT2D eigenvalue weighted by molar-refractivity contribution is 5.41. The van der Waals surface area contributed by atoms with Gasteiger partial charge in [-0.3, -0.25) is 0 Å². The number of nitrogens with zero attached hydrogens (tertiary/aromatic N) is 3. The van der Waals surface area contributed by atoms with E-state index in [4.69, 9.17) is 4.98 Å². The second-order valence-corrected chi connectivity index (χ2v) is 6.93. The number of aryl methyl sites for hydroxylation is 1. The minimum atomic E-state index is 0.381. The van der Waals surface area contributed by atoms with Gasteiger partial charge in [0, 0.05) is 42.3 Å². The number of piperidine rings is 1. The summed E-state index contributed by atoms with van der Waals surface area (Å²) in [6.45, 7) is 9.69. The van der Waals surface area contributed by atoms with E-state index < -0.39 is 0 Å². The predicted molar refractivity (Wildman–Crippen MR) is 86.8 cm³/mol. The smallest absolute Gasteiger partial charge is 0.133 e. The molecule has 0 radical (unpaired) electrons. The first-order chi connectivity index (χ1) is 10.1. The zero-order valence-electron chi connectivity index (χ0n) is 13.8. The third kappa shape index (κ3) is 3.05. The molecular formula is C17H28N4. The van der Waals surface area contributed by atoms with Crippen molar-refractivity contribution in [3.05, 3.63) is 17.6 Å². The average Bonchev–Trinajstić information content (AvgIpc) is 2.78. The summed E-state index contributed by atoms with van der Waals surface area (Å²) < 4.78 is 0. The zero-order chi connectivity index (χ0) is 15.0. The van der Waals surface area contributed by atoms with Crippen LogP contribution in [0.3, 0.4) is 0 Å². The van der Waals surface area contributed by atoms with Crippen molar-refractivity contribution in [3.8, 4) is 0 Å². The lowest BCUT2D eigenvalue weighted by molar-refractivity contribution is 0.347. The van der Waals surface area contributed by atoms with Crippen LogP contribution in [-0.4, -0.2) is 34.6 Å². The Hall–Kier alpha value is -1.16. The van der Waals surface area contributed by atoms with E-state index in [2.05, 4.69) is 49.0 Å². The number of hydrogen-bond acceptors (Lipinski definition) is 4. The molecule has 4 nitrogen and oxygen atoms in total. The molecule has 2 unspecified atom stereocenters. The van der Waals surface area contributed by atoms with Crippen LogP contribution >= 0.6 is 0 Å². The van der Waals surface area contributed by atoms with E-state index in [1.54, 1.807) is 0 Å². The number of anilines is 1.